The van der Waals surface area contributed by atoms with E-state index in [-0.39, 0.29) is 39.0 Å². The molecule has 0 aliphatic carbocycles. The van der Waals surface area contributed by atoms with Crippen LogP contribution in [0.15, 0.2) is 0 Å². The standard InChI is InChI=1S/2C15H26FNO5/c2*1-14(2,3)21-12(18)17-8-7-11(10(16)9-17)20-13(19)22-15(4,5)6/h2*10-11H,7-9H2,1-6H3/t2*10-,11-/m10/s1. The van der Waals surface area contributed by atoms with Crippen molar-refractivity contribution in [3.8, 4) is 0 Å². The van der Waals surface area contributed by atoms with E-state index >= 15 is 0 Å². The van der Waals surface area contributed by atoms with E-state index in [2.05, 4.69) is 0 Å². The summed E-state index contributed by atoms with van der Waals surface area (Å²) in [6.45, 7) is 20.9. The van der Waals surface area contributed by atoms with E-state index < -0.39 is 71.5 Å². The summed E-state index contributed by atoms with van der Waals surface area (Å²) in [5.74, 6) is 0. The lowest BCUT2D eigenvalue weighted by Crippen LogP contribution is -2.50. The van der Waals surface area contributed by atoms with E-state index in [1.54, 1.807) is 83.1 Å². The molecule has 4 atom stereocenters. The minimum absolute atomic E-state index is 0.164. The Labute approximate surface area is 259 Å². The summed E-state index contributed by atoms with van der Waals surface area (Å²) in [7, 11) is 0. The molecule has 256 valence electrons. The number of hydrogen-bond acceptors (Lipinski definition) is 10. The first-order valence-corrected chi connectivity index (χ1v) is 14.8. The van der Waals surface area contributed by atoms with Crippen LogP contribution in [0.25, 0.3) is 0 Å². The quantitative estimate of drug-likeness (QED) is 0.242. The van der Waals surface area contributed by atoms with Gasteiger partial charge in [0.25, 0.3) is 0 Å². The second-order valence-electron chi connectivity index (χ2n) is 14.7. The van der Waals surface area contributed by atoms with Crippen LogP contribution < -0.4 is 0 Å². The summed E-state index contributed by atoms with van der Waals surface area (Å²) in [6.07, 6.45) is -7.25. The maximum absolute atomic E-state index is 14.1. The van der Waals surface area contributed by atoms with Crippen LogP contribution in [0.1, 0.15) is 95.9 Å². The van der Waals surface area contributed by atoms with E-state index in [9.17, 15) is 28.0 Å². The first-order valence-electron chi connectivity index (χ1n) is 14.8. The van der Waals surface area contributed by atoms with Crippen LogP contribution in [0.5, 0.6) is 0 Å². The van der Waals surface area contributed by atoms with Gasteiger partial charge in [0.05, 0.1) is 13.1 Å². The lowest BCUT2D eigenvalue weighted by molar-refractivity contribution is -0.0660. The van der Waals surface area contributed by atoms with E-state index in [0.29, 0.717) is 0 Å². The SMILES string of the molecule is CC(C)(C)OC(=O)O[C@@H]1CCN(C(=O)OC(C)(C)C)C[C@H]1F.CC(C)(C)OC(=O)O[C@H]1CCN(C(=O)OC(C)(C)C)C[C@@H]1F. The Balaban J connectivity index is 0.000000440. The molecule has 0 radical (unpaired) electrons. The second-order valence-corrected chi connectivity index (χ2v) is 14.7. The molecule has 0 N–H and O–H groups in total. The van der Waals surface area contributed by atoms with Crippen molar-refractivity contribution in [2.45, 2.75) is 143 Å². The Bertz CT molecular complexity index is 904. The van der Waals surface area contributed by atoms with Gasteiger partial charge in [-0.15, -0.1) is 0 Å². The Hall–Kier alpha value is -3.06. The van der Waals surface area contributed by atoms with Crippen LogP contribution in [-0.4, -0.2) is 107 Å². The van der Waals surface area contributed by atoms with Crippen LogP contribution in [0.3, 0.4) is 0 Å². The number of amides is 2. The molecule has 12 nitrogen and oxygen atoms in total. The zero-order valence-corrected chi connectivity index (χ0v) is 28.3. The molecule has 2 aliphatic rings. The third-order valence-electron chi connectivity index (χ3n) is 5.54. The van der Waals surface area contributed by atoms with Crippen molar-refractivity contribution in [3.63, 3.8) is 0 Å². The fourth-order valence-corrected chi connectivity index (χ4v) is 3.81. The van der Waals surface area contributed by atoms with Gasteiger partial charge in [-0.05, 0) is 83.1 Å². The van der Waals surface area contributed by atoms with Gasteiger partial charge in [0.15, 0.2) is 12.3 Å². The summed E-state index contributed by atoms with van der Waals surface area (Å²) < 4.78 is 58.6. The number of carbonyl (C=O) groups is 4. The lowest BCUT2D eigenvalue weighted by Gasteiger charge is -2.35. The molecule has 0 spiro atoms. The maximum Gasteiger partial charge on any atom is 0.509 e. The number of ether oxygens (including phenoxy) is 6. The van der Waals surface area contributed by atoms with Gasteiger partial charge in [-0.2, -0.15) is 0 Å². The van der Waals surface area contributed by atoms with E-state index in [4.69, 9.17) is 28.4 Å². The fourth-order valence-electron chi connectivity index (χ4n) is 3.81. The molecule has 14 heteroatoms. The highest BCUT2D eigenvalue weighted by atomic mass is 19.1. The third kappa shape index (κ3) is 16.1. The zero-order valence-electron chi connectivity index (χ0n) is 28.3. The number of rotatable bonds is 2. The molecule has 2 amide bonds. The molecule has 0 aromatic rings. The second kappa shape index (κ2) is 15.3. The van der Waals surface area contributed by atoms with Gasteiger partial charge in [0.2, 0.25) is 0 Å². The molecule has 2 heterocycles. The topological polar surface area (TPSA) is 130 Å². The molecule has 0 aromatic heterocycles. The Morgan fingerprint density at radius 3 is 1.02 bits per heavy atom. The highest BCUT2D eigenvalue weighted by molar-refractivity contribution is 5.69. The van der Waals surface area contributed by atoms with Crippen LogP contribution in [0, 0.1) is 0 Å². The lowest BCUT2D eigenvalue weighted by atomic mass is 10.1. The van der Waals surface area contributed by atoms with Crippen molar-refractivity contribution in [1.29, 1.82) is 0 Å². The number of carbonyl (C=O) groups excluding carboxylic acids is 4. The number of likely N-dealkylation sites (tertiary alicyclic amines) is 2. The van der Waals surface area contributed by atoms with Gasteiger partial charge in [0.1, 0.15) is 34.6 Å². The van der Waals surface area contributed by atoms with Gasteiger partial charge in [-0.25, -0.2) is 28.0 Å². The van der Waals surface area contributed by atoms with Crippen molar-refractivity contribution in [1.82, 2.24) is 9.80 Å². The van der Waals surface area contributed by atoms with Crippen molar-refractivity contribution >= 4 is 24.5 Å². The van der Waals surface area contributed by atoms with Crippen molar-refractivity contribution < 1.29 is 56.4 Å². The van der Waals surface area contributed by atoms with Crippen LogP contribution >= 0.6 is 0 Å². The average Bonchev–Trinajstić information content (AvgIpc) is 2.77. The van der Waals surface area contributed by atoms with Crippen molar-refractivity contribution in [2.75, 3.05) is 26.2 Å². The number of halogens is 2. The first kappa shape index (κ1) is 39.0. The molecule has 44 heavy (non-hydrogen) atoms. The normalized spacial score (nSPS) is 23.0. The van der Waals surface area contributed by atoms with Crippen LogP contribution in [0.2, 0.25) is 0 Å². The molecule has 2 rings (SSSR count). The molecule has 0 unspecified atom stereocenters. The molecule has 2 fully saturated rings. The predicted molar refractivity (Wildman–Crippen MR) is 157 cm³/mol. The van der Waals surface area contributed by atoms with Crippen molar-refractivity contribution in [2.24, 2.45) is 0 Å². The number of nitrogens with zero attached hydrogens (tertiary/aromatic N) is 2. The molecule has 0 saturated carbocycles. The van der Waals surface area contributed by atoms with Gasteiger partial charge < -0.3 is 38.2 Å². The third-order valence-corrected chi connectivity index (χ3v) is 5.54. The predicted octanol–water partition coefficient (Wildman–Crippen LogP) is 6.57. The fraction of sp³-hybridized carbons (Fsp3) is 0.867. The number of alkyl halides is 2. The van der Waals surface area contributed by atoms with Gasteiger partial charge in [-0.3, -0.25) is 0 Å². The van der Waals surface area contributed by atoms with Crippen LogP contribution in [0.4, 0.5) is 28.0 Å². The molecule has 2 aliphatic heterocycles. The molecule has 2 saturated heterocycles. The van der Waals surface area contributed by atoms with Crippen molar-refractivity contribution in [3.05, 3.63) is 0 Å². The van der Waals surface area contributed by atoms with Gasteiger partial charge in [-0.1, -0.05) is 0 Å². The maximum atomic E-state index is 14.1. The summed E-state index contributed by atoms with van der Waals surface area (Å²) in [4.78, 5) is 49.4. The summed E-state index contributed by atoms with van der Waals surface area (Å²) in [6, 6.07) is 0. The van der Waals surface area contributed by atoms with Crippen LogP contribution in [-0.2, 0) is 28.4 Å². The molecular formula is C30H52F2N2O10. The number of hydrogen-bond donors (Lipinski definition) is 0. The average molecular weight is 639 g/mol. The van der Waals surface area contributed by atoms with E-state index in [0.717, 1.165) is 0 Å². The van der Waals surface area contributed by atoms with E-state index in [1.165, 1.54) is 9.80 Å². The molecule has 0 bridgehead atoms. The van der Waals surface area contributed by atoms with Gasteiger partial charge in [0, 0.05) is 25.9 Å². The summed E-state index contributed by atoms with van der Waals surface area (Å²) >= 11 is 0. The molecule has 0 aromatic carbocycles. The summed E-state index contributed by atoms with van der Waals surface area (Å²) in [5, 5.41) is 0. The molecular weight excluding hydrogens is 586 g/mol. The largest absolute Gasteiger partial charge is 0.509 e. The minimum Gasteiger partial charge on any atom is -0.444 e. The highest BCUT2D eigenvalue weighted by Crippen LogP contribution is 2.23. The van der Waals surface area contributed by atoms with E-state index in [1.807, 2.05) is 0 Å². The monoisotopic (exact) mass is 638 g/mol. The summed E-state index contributed by atoms with van der Waals surface area (Å²) in [5.41, 5.74) is -2.65. The Morgan fingerprint density at radius 2 is 0.795 bits per heavy atom. The minimum atomic E-state index is -1.46. The first-order chi connectivity index (χ1) is 19.7. The zero-order chi connectivity index (χ0) is 34.3. The number of piperidine rings is 2. The Kier molecular flexibility index (Phi) is 13.5. The van der Waals surface area contributed by atoms with Gasteiger partial charge >= 0.3 is 24.5 Å². The Morgan fingerprint density at radius 1 is 0.523 bits per heavy atom. The highest BCUT2D eigenvalue weighted by Gasteiger charge is 2.38. The smallest absolute Gasteiger partial charge is 0.444 e.